The van der Waals surface area contributed by atoms with Crippen LogP contribution in [0, 0.1) is 0 Å². The third-order valence-electron chi connectivity index (χ3n) is 4.84. The Balaban J connectivity index is 0.00000480. The monoisotopic (exact) mass is 546 g/mol. The fourth-order valence-corrected chi connectivity index (χ4v) is 3.04. The average Bonchev–Trinajstić information content (AvgIpc) is 3.24. The van der Waals surface area contributed by atoms with Gasteiger partial charge in [-0.1, -0.05) is 19.0 Å². The normalized spacial score (nSPS) is 11.1. The lowest BCUT2D eigenvalue weighted by molar-refractivity contribution is 0.305. The lowest BCUT2D eigenvalue weighted by Gasteiger charge is -2.12. The number of aliphatic imine (C=N–C) groups is 1. The zero-order chi connectivity index (χ0) is 21.8. The van der Waals surface area contributed by atoms with Gasteiger partial charge in [-0.25, -0.2) is 0 Å². The minimum atomic E-state index is 0. The molecule has 0 aliphatic heterocycles. The number of nitrogens with one attached hydrogen (secondary N) is 2. The Bertz CT molecular complexity index is 771. The van der Waals surface area contributed by atoms with Gasteiger partial charge in [-0.3, -0.25) is 4.99 Å². The number of rotatable bonds is 12. The third-order valence-corrected chi connectivity index (χ3v) is 4.84. The molecule has 1 aromatic heterocycles. The van der Waals surface area contributed by atoms with E-state index in [1.165, 1.54) is 0 Å². The van der Waals surface area contributed by atoms with Crippen LogP contribution < -0.4 is 24.8 Å². The molecule has 0 radical (unpaired) electrons. The van der Waals surface area contributed by atoms with Crippen LogP contribution >= 0.6 is 24.0 Å². The molecule has 0 unspecified atom stereocenters. The molecule has 8 nitrogen and oxygen atoms in total. The molecular weight excluding hydrogens is 511 g/mol. The Morgan fingerprint density at radius 3 is 2.26 bits per heavy atom. The van der Waals surface area contributed by atoms with Crippen LogP contribution in [0.3, 0.4) is 0 Å². The first-order valence-corrected chi connectivity index (χ1v) is 10.4. The van der Waals surface area contributed by atoms with Gasteiger partial charge >= 0.3 is 0 Å². The highest BCUT2D eigenvalue weighted by atomic mass is 127. The van der Waals surface area contributed by atoms with Crippen molar-refractivity contribution in [2.75, 3.05) is 34.4 Å². The highest BCUT2D eigenvalue weighted by Gasteiger charge is 2.13. The first kappa shape index (κ1) is 26.9. The van der Waals surface area contributed by atoms with E-state index in [9.17, 15) is 0 Å². The maximum Gasteiger partial charge on any atom is 0.191 e. The smallest absolute Gasteiger partial charge is 0.191 e. The van der Waals surface area contributed by atoms with Crippen molar-refractivity contribution < 1.29 is 18.7 Å². The molecule has 0 saturated carbocycles. The van der Waals surface area contributed by atoms with E-state index in [-0.39, 0.29) is 24.0 Å². The van der Waals surface area contributed by atoms with E-state index in [1.807, 2.05) is 24.3 Å². The van der Waals surface area contributed by atoms with E-state index in [2.05, 4.69) is 34.6 Å². The summed E-state index contributed by atoms with van der Waals surface area (Å²) in [6.07, 6.45) is 2.93. The molecule has 174 valence electrons. The van der Waals surface area contributed by atoms with E-state index in [0.29, 0.717) is 42.3 Å². The summed E-state index contributed by atoms with van der Waals surface area (Å²) in [6.45, 7) is 6.15. The predicted octanol–water partition coefficient (Wildman–Crippen LogP) is 4.35. The van der Waals surface area contributed by atoms with Crippen LogP contribution in [0.5, 0.6) is 17.2 Å². The van der Waals surface area contributed by atoms with Gasteiger partial charge in [0, 0.05) is 43.8 Å². The number of hydrogen-bond donors (Lipinski definition) is 2. The summed E-state index contributed by atoms with van der Waals surface area (Å²) in [5.41, 5.74) is 1.02. The van der Waals surface area contributed by atoms with Gasteiger partial charge in [0.05, 0.1) is 33.1 Å². The molecule has 0 atom stereocenters. The summed E-state index contributed by atoms with van der Waals surface area (Å²) in [6, 6.07) is 7.51. The fraction of sp³-hybridized carbons (Fsp3) is 0.545. The average molecular weight is 546 g/mol. The summed E-state index contributed by atoms with van der Waals surface area (Å²) in [7, 11) is 4.98. The van der Waals surface area contributed by atoms with Gasteiger partial charge < -0.3 is 29.4 Å². The van der Waals surface area contributed by atoms with Crippen molar-refractivity contribution in [1.29, 1.82) is 0 Å². The number of benzene rings is 1. The molecule has 2 rings (SSSR count). The van der Waals surface area contributed by atoms with Gasteiger partial charge in [-0.2, -0.15) is 0 Å². The fourth-order valence-electron chi connectivity index (χ4n) is 3.04. The van der Waals surface area contributed by atoms with Crippen molar-refractivity contribution in [1.82, 2.24) is 15.8 Å². The van der Waals surface area contributed by atoms with E-state index in [1.54, 1.807) is 21.3 Å². The second kappa shape index (κ2) is 14.8. The zero-order valence-corrected chi connectivity index (χ0v) is 21.4. The number of aromatic nitrogens is 1. The number of hydrogen-bond acceptors (Lipinski definition) is 6. The maximum atomic E-state index is 5.80. The number of nitrogens with zero attached hydrogens (tertiary/aromatic N) is 2. The summed E-state index contributed by atoms with van der Waals surface area (Å²) in [5, 5.41) is 10.7. The van der Waals surface area contributed by atoms with Gasteiger partial charge in [0.2, 0.25) is 0 Å². The van der Waals surface area contributed by atoms with E-state index in [0.717, 1.165) is 37.3 Å². The van der Waals surface area contributed by atoms with Crippen molar-refractivity contribution >= 4 is 29.9 Å². The molecule has 1 heterocycles. The Morgan fingerprint density at radius 1 is 1.03 bits per heavy atom. The molecule has 0 aliphatic carbocycles. The largest absolute Gasteiger partial charge is 0.496 e. The van der Waals surface area contributed by atoms with E-state index < -0.39 is 0 Å². The van der Waals surface area contributed by atoms with Crippen LogP contribution in [0.25, 0.3) is 0 Å². The predicted molar refractivity (Wildman–Crippen MR) is 133 cm³/mol. The number of guanidine groups is 1. The topological polar surface area (TPSA) is 90.1 Å². The Kier molecular flexibility index (Phi) is 12.8. The van der Waals surface area contributed by atoms with E-state index >= 15 is 0 Å². The molecule has 2 aromatic rings. The Morgan fingerprint density at radius 2 is 1.68 bits per heavy atom. The summed E-state index contributed by atoms with van der Waals surface area (Å²) < 4.78 is 21.7. The van der Waals surface area contributed by atoms with Crippen LogP contribution in [0.15, 0.2) is 33.8 Å². The van der Waals surface area contributed by atoms with Gasteiger partial charge in [0.25, 0.3) is 0 Å². The SMILES string of the molecule is CCC(CC)c1cc(CNC(=NC)NCCCOc2cc(OC)cc(OC)c2)on1.I. The number of methoxy groups -OCH3 is 2. The zero-order valence-electron chi connectivity index (χ0n) is 19.1. The molecule has 0 bridgehead atoms. The molecule has 0 amide bonds. The third kappa shape index (κ3) is 8.84. The van der Waals surface area contributed by atoms with Crippen LogP contribution in [-0.4, -0.2) is 45.5 Å². The molecule has 0 saturated heterocycles. The first-order valence-electron chi connectivity index (χ1n) is 10.4. The van der Waals surface area contributed by atoms with Gasteiger partial charge in [0.15, 0.2) is 11.7 Å². The molecule has 1 aromatic carbocycles. The molecule has 31 heavy (non-hydrogen) atoms. The second-order valence-corrected chi connectivity index (χ2v) is 6.83. The lowest BCUT2D eigenvalue weighted by atomic mass is 9.99. The van der Waals surface area contributed by atoms with E-state index in [4.69, 9.17) is 18.7 Å². The molecule has 0 spiro atoms. The Hall–Kier alpha value is -2.17. The molecule has 9 heteroatoms. The van der Waals surface area contributed by atoms with Crippen LogP contribution in [0.4, 0.5) is 0 Å². The summed E-state index contributed by atoms with van der Waals surface area (Å²) >= 11 is 0. The molecule has 2 N–H and O–H groups in total. The molecule has 0 fully saturated rings. The molecular formula is C22H35IN4O4. The number of ether oxygens (including phenoxy) is 3. The van der Waals surface area contributed by atoms with Crippen LogP contribution in [0.2, 0.25) is 0 Å². The summed E-state index contributed by atoms with van der Waals surface area (Å²) in [4.78, 5) is 4.24. The second-order valence-electron chi connectivity index (χ2n) is 6.83. The highest BCUT2D eigenvalue weighted by molar-refractivity contribution is 14.0. The van der Waals surface area contributed by atoms with Gasteiger partial charge in [-0.15, -0.1) is 24.0 Å². The van der Waals surface area contributed by atoms with Gasteiger partial charge in [0.1, 0.15) is 17.2 Å². The lowest BCUT2D eigenvalue weighted by Crippen LogP contribution is -2.37. The quantitative estimate of drug-likeness (QED) is 0.177. The van der Waals surface area contributed by atoms with Crippen molar-refractivity contribution in [2.45, 2.75) is 45.6 Å². The highest BCUT2D eigenvalue weighted by Crippen LogP contribution is 2.27. The minimum absolute atomic E-state index is 0. The van der Waals surface area contributed by atoms with Crippen molar-refractivity contribution in [3.63, 3.8) is 0 Å². The van der Waals surface area contributed by atoms with Crippen molar-refractivity contribution in [3.05, 3.63) is 35.7 Å². The van der Waals surface area contributed by atoms with Crippen molar-refractivity contribution in [2.24, 2.45) is 4.99 Å². The van der Waals surface area contributed by atoms with Crippen LogP contribution in [0.1, 0.15) is 50.5 Å². The van der Waals surface area contributed by atoms with Crippen LogP contribution in [-0.2, 0) is 6.54 Å². The summed E-state index contributed by atoms with van der Waals surface area (Å²) in [5.74, 6) is 4.07. The standard InChI is InChI=1S/C22H34N4O4.HI/c1-6-16(7-2)21-14-20(30-26-21)15-25-22(23-3)24-9-8-10-29-19-12-17(27-4)11-18(13-19)28-5;/h11-14,16H,6-10,15H2,1-5H3,(H2,23,24,25);1H. The number of halogens is 1. The molecule has 0 aliphatic rings. The Labute approximate surface area is 202 Å². The van der Waals surface area contributed by atoms with Crippen molar-refractivity contribution in [3.8, 4) is 17.2 Å². The minimum Gasteiger partial charge on any atom is -0.496 e. The van der Waals surface area contributed by atoms with Gasteiger partial charge in [-0.05, 0) is 19.3 Å². The maximum absolute atomic E-state index is 5.80. The first-order chi connectivity index (χ1) is 14.6.